The monoisotopic (exact) mass is 713 g/mol. The van der Waals surface area contributed by atoms with Crippen molar-refractivity contribution in [3.8, 4) is 0 Å². The van der Waals surface area contributed by atoms with Gasteiger partial charge in [0.25, 0.3) is 5.91 Å². The quantitative estimate of drug-likeness (QED) is 0.148. The number of carbonyl (C=O) groups excluding carboxylic acids is 7. The average molecular weight is 714 g/mol. The molecule has 1 saturated carbocycles. The molecule has 0 bridgehead atoms. The highest BCUT2D eigenvalue weighted by Gasteiger charge is 2.47. The molecule has 14 heteroatoms. The van der Waals surface area contributed by atoms with Crippen LogP contribution in [0, 0.1) is 17.3 Å². The summed E-state index contributed by atoms with van der Waals surface area (Å²) in [6.07, 6.45) is 4.63. The zero-order valence-electron chi connectivity index (χ0n) is 30.8. The van der Waals surface area contributed by atoms with Crippen molar-refractivity contribution in [2.75, 3.05) is 26.8 Å². The number of benzene rings is 1. The number of amides is 5. The molecular weight excluding hydrogens is 658 g/mol. The number of Topliss-reactive ketones (excluding diaryl/α,β-unsaturated/α-hetero) is 1. The molecule has 0 aromatic heterocycles. The van der Waals surface area contributed by atoms with Gasteiger partial charge in [-0.2, -0.15) is 0 Å². The molecule has 2 fully saturated rings. The van der Waals surface area contributed by atoms with Crippen LogP contribution in [0.4, 0.5) is 4.79 Å². The number of hydrogen-bond donors (Lipinski definition) is 4. The second-order valence-electron chi connectivity index (χ2n) is 14.7. The third kappa shape index (κ3) is 12.1. The molecule has 0 spiro atoms. The minimum absolute atomic E-state index is 0.114. The van der Waals surface area contributed by atoms with Gasteiger partial charge in [0, 0.05) is 6.54 Å². The van der Waals surface area contributed by atoms with Gasteiger partial charge in [0.2, 0.25) is 23.5 Å². The van der Waals surface area contributed by atoms with Gasteiger partial charge in [-0.3, -0.25) is 24.0 Å². The summed E-state index contributed by atoms with van der Waals surface area (Å²) in [4.78, 5) is 93.6. The molecule has 3 rings (SSSR count). The SMILES string of the molecule is CCCC(NC(=O)C1CC(C)(C)CN1C(=O)C(NC(=O)OCC(C)C)C1CCCCC1)C(=O)C(=O)NCC(=O)NC(C(=O)OC)c1ccccc1. The number of nitrogens with one attached hydrogen (secondary N) is 4. The molecule has 1 aliphatic carbocycles. The summed E-state index contributed by atoms with van der Waals surface area (Å²) < 4.78 is 10.1. The number of alkyl carbamates (subject to hydrolysis) is 1. The third-order valence-electron chi connectivity index (χ3n) is 9.23. The van der Waals surface area contributed by atoms with Crippen LogP contribution in [0.5, 0.6) is 0 Å². The number of ether oxygens (including phenoxy) is 2. The fourth-order valence-corrected chi connectivity index (χ4v) is 6.66. The van der Waals surface area contributed by atoms with E-state index in [0.29, 0.717) is 18.4 Å². The Morgan fingerprint density at radius 3 is 2.22 bits per heavy atom. The lowest BCUT2D eigenvalue weighted by atomic mass is 9.83. The molecule has 1 aromatic rings. The van der Waals surface area contributed by atoms with E-state index in [1.54, 1.807) is 37.3 Å². The van der Waals surface area contributed by atoms with Crippen LogP contribution in [0.25, 0.3) is 0 Å². The van der Waals surface area contributed by atoms with Gasteiger partial charge in [0.1, 0.15) is 12.1 Å². The maximum Gasteiger partial charge on any atom is 0.407 e. The first-order valence-corrected chi connectivity index (χ1v) is 18.0. The number of esters is 1. The van der Waals surface area contributed by atoms with Crippen molar-refractivity contribution < 1.29 is 43.0 Å². The van der Waals surface area contributed by atoms with Crippen LogP contribution in [0.2, 0.25) is 0 Å². The van der Waals surface area contributed by atoms with Crippen molar-refractivity contribution in [3.63, 3.8) is 0 Å². The van der Waals surface area contributed by atoms with Gasteiger partial charge in [-0.05, 0) is 48.5 Å². The van der Waals surface area contributed by atoms with Crippen molar-refractivity contribution in [2.45, 2.75) is 110 Å². The van der Waals surface area contributed by atoms with E-state index in [0.717, 1.165) is 32.1 Å². The van der Waals surface area contributed by atoms with Gasteiger partial charge in [-0.1, -0.05) is 90.6 Å². The molecule has 4 atom stereocenters. The molecule has 2 aliphatic rings. The second kappa shape index (κ2) is 19.2. The van der Waals surface area contributed by atoms with Crippen LogP contribution in [-0.2, 0) is 38.2 Å². The summed E-state index contributed by atoms with van der Waals surface area (Å²) in [6.45, 7) is 9.36. The molecule has 14 nitrogen and oxygen atoms in total. The highest BCUT2D eigenvalue weighted by Crippen LogP contribution is 2.36. The number of hydrogen-bond acceptors (Lipinski definition) is 9. The minimum Gasteiger partial charge on any atom is -0.467 e. The summed E-state index contributed by atoms with van der Waals surface area (Å²) in [5, 5.41) is 10.3. The Bertz CT molecular complexity index is 1390. The fraction of sp³-hybridized carbons (Fsp3) is 0.649. The van der Waals surface area contributed by atoms with Gasteiger partial charge in [0.05, 0.1) is 26.3 Å². The van der Waals surface area contributed by atoms with Gasteiger partial charge in [0.15, 0.2) is 6.04 Å². The first kappa shape index (κ1) is 40.9. The van der Waals surface area contributed by atoms with Crippen LogP contribution in [0.3, 0.4) is 0 Å². The summed E-state index contributed by atoms with van der Waals surface area (Å²) in [5.74, 6) is -4.44. The van der Waals surface area contributed by atoms with E-state index in [-0.39, 0.29) is 37.3 Å². The molecule has 5 amide bonds. The highest BCUT2D eigenvalue weighted by molar-refractivity contribution is 6.38. The molecule has 0 radical (unpaired) electrons. The largest absolute Gasteiger partial charge is 0.467 e. The molecule has 282 valence electrons. The second-order valence-corrected chi connectivity index (χ2v) is 14.7. The average Bonchev–Trinajstić information content (AvgIpc) is 3.45. The molecule has 1 aromatic carbocycles. The van der Waals surface area contributed by atoms with Gasteiger partial charge in [-0.25, -0.2) is 9.59 Å². The summed E-state index contributed by atoms with van der Waals surface area (Å²) in [7, 11) is 1.19. The zero-order valence-corrected chi connectivity index (χ0v) is 30.8. The molecule has 4 N–H and O–H groups in total. The number of likely N-dealkylation sites (tertiary alicyclic amines) is 1. The fourth-order valence-electron chi connectivity index (χ4n) is 6.66. The molecular formula is C37H55N5O9. The van der Waals surface area contributed by atoms with Crippen molar-refractivity contribution >= 4 is 41.5 Å². The number of carbonyl (C=O) groups is 7. The van der Waals surface area contributed by atoms with E-state index in [9.17, 15) is 33.6 Å². The standard InChI is InChI=1S/C37H55N5O9/c1-7-14-26(31(44)33(46)38-20-28(43)40-30(35(48)50-6)25-17-12-9-13-18-25)39-32(45)27-19-37(4,5)22-42(27)34(47)29(24-15-10-8-11-16-24)41-36(49)51-21-23(2)3/h9,12-13,17-18,23-24,26-27,29-30H,7-8,10-11,14-16,19-22H2,1-6H3,(H,38,46)(H,39,45)(H,40,43)(H,41,49). The van der Waals surface area contributed by atoms with Crippen molar-refractivity contribution in [1.29, 1.82) is 0 Å². The Hall–Kier alpha value is -4.49. The van der Waals surface area contributed by atoms with Crippen LogP contribution >= 0.6 is 0 Å². The molecule has 1 aliphatic heterocycles. The zero-order chi connectivity index (χ0) is 37.7. The third-order valence-corrected chi connectivity index (χ3v) is 9.23. The molecule has 51 heavy (non-hydrogen) atoms. The van der Waals surface area contributed by atoms with Crippen LogP contribution in [0.15, 0.2) is 30.3 Å². The van der Waals surface area contributed by atoms with Crippen molar-refractivity contribution in [2.24, 2.45) is 17.3 Å². The van der Waals surface area contributed by atoms with Gasteiger partial charge >= 0.3 is 12.1 Å². The maximum atomic E-state index is 14.2. The normalized spacial score (nSPS) is 18.9. The number of rotatable bonds is 16. The van der Waals surface area contributed by atoms with E-state index < -0.39 is 71.7 Å². The van der Waals surface area contributed by atoms with Crippen molar-refractivity contribution in [1.82, 2.24) is 26.2 Å². The van der Waals surface area contributed by atoms with E-state index in [1.165, 1.54) is 12.0 Å². The molecule has 1 heterocycles. The van der Waals surface area contributed by atoms with Crippen molar-refractivity contribution in [3.05, 3.63) is 35.9 Å². The topological polar surface area (TPSA) is 189 Å². The summed E-state index contributed by atoms with van der Waals surface area (Å²) in [5.41, 5.74) is 0.0318. The van der Waals surface area contributed by atoms with Crippen LogP contribution in [0.1, 0.15) is 97.6 Å². The number of methoxy groups -OCH3 is 1. The Morgan fingerprint density at radius 2 is 1.61 bits per heavy atom. The minimum atomic E-state index is -1.21. The lowest BCUT2D eigenvalue weighted by Crippen LogP contribution is -2.58. The Balaban J connectivity index is 1.70. The van der Waals surface area contributed by atoms with Crippen LogP contribution in [-0.4, -0.2) is 91.3 Å². The summed E-state index contributed by atoms with van der Waals surface area (Å²) in [6, 6.07) is 4.25. The molecule has 4 unspecified atom stereocenters. The molecule has 1 saturated heterocycles. The first-order chi connectivity index (χ1) is 24.2. The predicted molar refractivity (Wildman–Crippen MR) is 188 cm³/mol. The Kier molecular flexibility index (Phi) is 15.4. The predicted octanol–water partition coefficient (Wildman–Crippen LogP) is 2.95. The highest BCUT2D eigenvalue weighted by atomic mass is 16.5. The Morgan fingerprint density at radius 1 is 0.941 bits per heavy atom. The maximum absolute atomic E-state index is 14.2. The summed E-state index contributed by atoms with van der Waals surface area (Å²) >= 11 is 0. The van der Waals surface area contributed by atoms with Crippen LogP contribution < -0.4 is 21.3 Å². The van der Waals surface area contributed by atoms with E-state index in [4.69, 9.17) is 9.47 Å². The number of ketones is 1. The van der Waals surface area contributed by atoms with E-state index >= 15 is 0 Å². The van der Waals surface area contributed by atoms with Gasteiger partial charge in [-0.15, -0.1) is 0 Å². The van der Waals surface area contributed by atoms with E-state index in [1.807, 2.05) is 27.7 Å². The smallest absolute Gasteiger partial charge is 0.407 e. The lowest BCUT2D eigenvalue weighted by Gasteiger charge is -2.35. The first-order valence-electron chi connectivity index (χ1n) is 18.0. The van der Waals surface area contributed by atoms with E-state index in [2.05, 4.69) is 21.3 Å². The number of nitrogens with zero attached hydrogens (tertiary/aromatic N) is 1. The van der Waals surface area contributed by atoms with Gasteiger partial charge < -0.3 is 35.6 Å². The Labute approximate surface area is 300 Å². The lowest BCUT2D eigenvalue weighted by molar-refractivity contribution is -0.145.